The highest BCUT2D eigenvalue weighted by Gasteiger charge is 2.24. The van der Waals surface area contributed by atoms with Crippen LogP contribution in [0.1, 0.15) is 10.4 Å². The largest absolute Gasteiger partial charge is 0.373 e. The average Bonchev–Trinajstić information content (AvgIpc) is 2.40. The molecule has 1 fully saturated rings. The number of morpholine rings is 1. The average molecular weight is 235 g/mol. The minimum Gasteiger partial charge on any atom is -0.373 e. The highest BCUT2D eigenvalue weighted by Crippen LogP contribution is 2.09. The Morgan fingerprint density at radius 1 is 1.71 bits per heavy atom. The number of likely N-dealkylation sites (N-methyl/N-ethyl adjacent to an activating group) is 1. The van der Waals surface area contributed by atoms with Gasteiger partial charge in [0, 0.05) is 32.0 Å². The van der Waals surface area contributed by atoms with Gasteiger partial charge in [0.05, 0.1) is 18.3 Å². The molecule has 0 radical (unpaired) electrons. The molecule has 1 aromatic heterocycles. The number of ether oxygens (including phenoxy) is 1. The Balaban J connectivity index is 2.00. The van der Waals surface area contributed by atoms with Crippen LogP contribution in [-0.4, -0.2) is 55.2 Å². The Morgan fingerprint density at radius 2 is 2.59 bits per heavy atom. The van der Waals surface area contributed by atoms with Crippen molar-refractivity contribution in [2.45, 2.75) is 6.10 Å². The van der Waals surface area contributed by atoms with Crippen LogP contribution in [0.15, 0.2) is 24.5 Å². The van der Waals surface area contributed by atoms with E-state index in [1.54, 1.807) is 24.5 Å². The molecular weight excluding hydrogens is 218 g/mol. The number of hydrogen-bond acceptors (Lipinski definition) is 4. The lowest BCUT2D eigenvalue weighted by Crippen LogP contribution is -2.48. The third-order valence-electron chi connectivity index (χ3n) is 2.77. The van der Waals surface area contributed by atoms with Crippen molar-refractivity contribution in [3.8, 4) is 0 Å². The number of amides is 1. The Morgan fingerprint density at radius 3 is 3.29 bits per heavy atom. The van der Waals surface area contributed by atoms with Crippen LogP contribution in [0.2, 0.25) is 0 Å². The van der Waals surface area contributed by atoms with Gasteiger partial charge in [-0.2, -0.15) is 0 Å². The van der Waals surface area contributed by atoms with Crippen LogP contribution in [0.4, 0.5) is 0 Å². The molecule has 1 aliphatic heterocycles. The first-order chi connectivity index (χ1) is 8.31. The molecule has 1 amide bonds. The van der Waals surface area contributed by atoms with Crippen LogP contribution >= 0.6 is 0 Å². The maximum atomic E-state index is 12.2. The second kappa shape index (κ2) is 5.75. The van der Waals surface area contributed by atoms with Crippen molar-refractivity contribution in [1.82, 2.24) is 15.2 Å². The number of rotatable bonds is 3. The van der Waals surface area contributed by atoms with Gasteiger partial charge in [0.15, 0.2) is 0 Å². The first-order valence-electron chi connectivity index (χ1n) is 5.77. The van der Waals surface area contributed by atoms with E-state index in [0.717, 1.165) is 6.54 Å². The van der Waals surface area contributed by atoms with Crippen molar-refractivity contribution >= 4 is 5.91 Å². The van der Waals surface area contributed by atoms with Gasteiger partial charge in [-0.3, -0.25) is 9.78 Å². The summed E-state index contributed by atoms with van der Waals surface area (Å²) in [6.07, 6.45) is 3.35. The second-order valence-electron chi connectivity index (χ2n) is 4.04. The first kappa shape index (κ1) is 12.0. The topological polar surface area (TPSA) is 54.5 Å². The maximum Gasteiger partial charge on any atom is 0.255 e. The quantitative estimate of drug-likeness (QED) is 0.810. The van der Waals surface area contributed by atoms with E-state index in [0.29, 0.717) is 25.3 Å². The van der Waals surface area contributed by atoms with E-state index >= 15 is 0 Å². The molecule has 5 nitrogen and oxygen atoms in total. The molecule has 1 saturated heterocycles. The van der Waals surface area contributed by atoms with E-state index in [2.05, 4.69) is 10.3 Å². The van der Waals surface area contributed by atoms with Crippen LogP contribution in [0.3, 0.4) is 0 Å². The minimum absolute atomic E-state index is 0.0301. The SMILES string of the molecule is CNCC1CN(C(=O)c2cccnc2)CCO1. The number of aromatic nitrogens is 1. The summed E-state index contributed by atoms with van der Waals surface area (Å²) in [6, 6.07) is 3.57. The molecule has 1 atom stereocenters. The van der Waals surface area contributed by atoms with Gasteiger partial charge in [0.25, 0.3) is 5.91 Å². The van der Waals surface area contributed by atoms with E-state index in [1.807, 2.05) is 11.9 Å². The number of nitrogens with zero attached hydrogens (tertiary/aromatic N) is 2. The van der Waals surface area contributed by atoms with E-state index in [1.165, 1.54) is 0 Å². The molecule has 0 saturated carbocycles. The summed E-state index contributed by atoms with van der Waals surface area (Å²) in [5, 5.41) is 3.06. The van der Waals surface area contributed by atoms with Crippen molar-refractivity contribution in [2.24, 2.45) is 0 Å². The summed E-state index contributed by atoms with van der Waals surface area (Å²) in [7, 11) is 1.88. The van der Waals surface area contributed by atoms with Gasteiger partial charge in [-0.15, -0.1) is 0 Å². The number of carbonyl (C=O) groups excluding carboxylic acids is 1. The normalized spacial score (nSPS) is 20.3. The predicted octanol–water partition coefficient (Wildman–Crippen LogP) is 0.142. The van der Waals surface area contributed by atoms with Crippen LogP contribution in [-0.2, 0) is 4.74 Å². The third-order valence-corrected chi connectivity index (χ3v) is 2.77. The highest BCUT2D eigenvalue weighted by molar-refractivity contribution is 5.93. The zero-order valence-electron chi connectivity index (χ0n) is 9.93. The Bertz CT molecular complexity index is 367. The van der Waals surface area contributed by atoms with Crippen molar-refractivity contribution in [3.63, 3.8) is 0 Å². The van der Waals surface area contributed by atoms with Crippen LogP contribution in [0, 0.1) is 0 Å². The van der Waals surface area contributed by atoms with E-state index < -0.39 is 0 Å². The Hall–Kier alpha value is -1.46. The van der Waals surface area contributed by atoms with Crippen LogP contribution in [0.25, 0.3) is 0 Å². The number of carbonyl (C=O) groups is 1. The zero-order chi connectivity index (χ0) is 12.1. The molecule has 1 unspecified atom stereocenters. The molecule has 0 bridgehead atoms. The number of nitrogens with one attached hydrogen (secondary N) is 1. The van der Waals surface area contributed by atoms with Crippen molar-refractivity contribution < 1.29 is 9.53 Å². The molecule has 5 heteroatoms. The van der Waals surface area contributed by atoms with E-state index in [-0.39, 0.29) is 12.0 Å². The van der Waals surface area contributed by atoms with Gasteiger partial charge in [0.2, 0.25) is 0 Å². The second-order valence-corrected chi connectivity index (χ2v) is 4.04. The highest BCUT2D eigenvalue weighted by atomic mass is 16.5. The van der Waals surface area contributed by atoms with Gasteiger partial charge in [0.1, 0.15) is 0 Å². The summed E-state index contributed by atoms with van der Waals surface area (Å²) >= 11 is 0. The van der Waals surface area contributed by atoms with Gasteiger partial charge < -0.3 is 15.0 Å². The third kappa shape index (κ3) is 3.01. The first-order valence-corrected chi connectivity index (χ1v) is 5.77. The number of pyridine rings is 1. The predicted molar refractivity (Wildman–Crippen MR) is 63.8 cm³/mol. The zero-order valence-corrected chi connectivity index (χ0v) is 9.93. The maximum absolute atomic E-state index is 12.2. The van der Waals surface area contributed by atoms with E-state index in [9.17, 15) is 4.79 Å². The van der Waals surface area contributed by atoms with Gasteiger partial charge in [-0.25, -0.2) is 0 Å². The molecule has 1 aliphatic rings. The summed E-state index contributed by atoms with van der Waals surface area (Å²) in [5.41, 5.74) is 0.637. The fourth-order valence-corrected chi connectivity index (χ4v) is 1.93. The smallest absolute Gasteiger partial charge is 0.255 e. The van der Waals surface area contributed by atoms with Crippen LogP contribution < -0.4 is 5.32 Å². The molecule has 1 aromatic rings. The molecular formula is C12H17N3O2. The molecule has 0 aromatic carbocycles. The molecule has 2 rings (SSSR count). The minimum atomic E-state index is 0.0301. The summed E-state index contributed by atoms with van der Waals surface area (Å²) in [6.45, 7) is 2.64. The summed E-state index contributed by atoms with van der Waals surface area (Å²) in [4.78, 5) is 17.9. The molecule has 0 aliphatic carbocycles. The van der Waals surface area contributed by atoms with Crippen molar-refractivity contribution in [1.29, 1.82) is 0 Å². The Labute approximate surface area is 101 Å². The lowest BCUT2D eigenvalue weighted by Gasteiger charge is -2.32. The van der Waals surface area contributed by atoms with E-state index in [4.69, 9.17) is 4.74 Å². The molecule has 92 valence electrons. The lowest BCUT2D eigenvalue weighted by molar-refractivity contribution is -0.0196. The molecule has 1 N–H and O–H groups in total. The monoisotopic (exact) mass is 235 g/mol. The van der Waals surface area contributed by atoms with Crippen LogP contribution in [0.5, 0.6) is 0 Å². The van der Waals surface area contributed by atoms with Gasteiger partial charge in [-0.05, 0) is 19.2 Å². The molecule has 17 heavy (non-hydrogen) atoms. The van der Waals surface area contributed by atoms with Gasteiger partial charge in [-0.1, -0.05) is 0 Å². The van der Waals surface area contributed by atoms with Crippen molar-refractivity contribution in [2.75, 3.05) is 33.3 Å². The number of hydrogen-bond donors (Lipinski definition) is 1. The standard InChI is InChI=1S/C12H17N3O2/c1-13-8-11-9-15(5-6-17-11)12(16)10-3-2-4-14-7-10/h2-4,7,11,13H,5-6,8-9H2,1H3. The summed E-state index contributed by atoms with van der Waals surface area (Å²) < 4.78 is 5.56. The molecule has 0 spiro atoms. The Kier molecular flexibility index (Phi) is 4.06. The fourth-order valence-electron chi connectivity index (χ4n) is 1.93. The lowest BCUT2D eigenvalue weighted by atomic mass is 10.2. The van der Waals surface area contributed by atoms with Crippen molar-refractivity contribution in [3.05, 3.63) is 30.1 Å². The fraction of sp³-hybridized carbons (Fsp3) is 0.500. The van der Waals surface area contributed by atoms with Gasteiger partial charge >= 0.3 is 0 Å². The summed E-state index contributed by atoms with van der Waals surface area (Å²) in [5.74, 6) is 0.0301. The molecule has 2 heterocycles.